The zero-order chi connectivity index (χ0) is 30.9. The van der Waals surface area contributed by atoms with E-state index in [1.54, 1.807) is 76.2 Å². The Hall–Kier alpha value is -4.98. The van der Waals surface area contributed by atoms with Crippen molar-refractivity contribution < 1.29 is 23.5 Å². The van der Waals surface area contributed by atoms with E-state index in [1.807, 2.05) is 0 Å². The first-order chi connectivity index (χ1) is 19.9. The zero-order valence-corrected chi connectivity index (χ0v) is 24.1. The fourth-order valence-electron chi connectivity index (χ4n) is 4.08. The van der Waals surface area contributed by atoms with Crippen molar-refractivity contribution in [3.05, 3.63) is 83.2 Å². The fraction of sp³-hybridized carbons (Fsp3) is 0.323. The molecule has 1 atom stereocenters. The van der Waals surface area contributed by atoms with Crippen LogP contribution in [-0.4, -0.2) is 59.1 Å². The molecule has 0 fully saturated rings. The molecule has 0 aliphatic rings. The second-order valence-corrected chi connectivity index (χ2v) is 10.7. The van der Waals surface area contributed by atoms with E-state index in [4.69, 9.17) is 10.5 Å². The van der Waals surface area contributed by atoms with Crippen molar-refractivity contribution in [1.29, 1.82) is 5.26 Å². The van der Waals surface area contributed by atoms with E-state index in [0.717, 1.165) is 10.5 Å². The highest BCUT2D eigenvalue weighted by Gasteiger charge is 2.28. The SMILES string of the molecule is C[C@H](CNC(=O)c1ccc(-c2ccccc2C#N)nc1NCCc1cccc(F)c1)N(CC(N)=O)C(=O)OC(C)(C)C. The summed E-state index contributed by atoms with van der Waals surface area (Å²) in [5.41, 5.74) is 7.07. The standard InChI is InChI=1S/C31H35FN6O4/c1-20(38(19-27(34)39)30(41)42-31(2,3)4)18-36-29(40)25-12-13-26(24-11-6-5-9-22(24)17-33)37-28(25)35-15-14-21-8-7-10-23(32)16-21/h5-13,16,20H,14-15,18-19H2,1-4H3,(H2,34,39)(H,35,37)(H,36,40)/t20-/m1/s1. The van der Waals surface area contributed by atoms with Crippen LogP contribution in [0.3, 0.4) is 0 Å². The van der Waals surface area contributed by atoms with Crippen molar-refractivity contribution in [3.63, 3.8) is 0 Å². The van der Waals surface area contributed by atoms with Crippen LogP contribution in [0.4, 0.5) is 15.0 Å². The summed E-state index contributed by atoms with van der Waals surface area (Å²) >= 11 is 0. The van der Waals surface area contributed by atoms with E-state index >= 15 is 0 Å². The molecule has 2 aromatic carbocycles. The van der Waals surface area contributed by atoms with E-state index in [0.29, 0.717) is 29.8 Å². The van der Waals surface area contributed by atoms with Gasteiger partial charge in [0.15, 0.2) is 0 Å². The lowest BCUT2D eigenvalue weighted by atomic mass is 10.0. The van der Waals surface area contributed by atoms with Gasteiger partial charge in [-0.2, -0.15) is 5.26 Å². The second-order valence-electron chi connectivity index (χ2n) is 10.7. The number of anilines is 1. The molecule has 3 amide bonds. The smallest absolute Gasteiger partial charge is 0.411 e. The van der Waals surface area contributed by atoms with Crippen molar-refractivity contribution in [2.75, 3.05) is 25.0 Å². The lowest BCUT2D eigenvalue weighted by Gasteiger charge is -2.31. The molecular formula is C31H35FN6O4. The average Bonchev–Trinajstić information content (AvgIpc) is 2.93. The van der Waals surface area contributed by atoms with E-state index in [9.17, 15) is 24.0 Å². The predicted octanol–water partition coefficient (Wildman–Crippen LogP) is 4.25. The Morgan fingerprint density at radius 1 is 1.12 bits per heavy atom. The Balaban J connectivity index is 1.83. The number of primary amides is 1. The summed E-state index contributed by atoms with van der Waals surface area (Å²) in [6, 6.07) is 18.0. The molecule has 0 aliphatic heterocycles. The third-order valence-electron chi connectivity index (χ3n) is 6.10. The Morgan fingerprint density at radius 3 is 2.52 bits per heavy atom. The molecule has 42 heavy (non-hydrogen) atoms. The van der Waals surface area contributed by atoms with Gasteiger partial charge in [0.1, 0.15) is 23.8 Å². The van der Waals surface area contributed by atoms with Crippen LogP contribution in [0, 0.1) is 17.1 Å². The monoisotopic (exact) mass is 574 g/mol. The summed E-state index contributed by atoms with van der Waals surface area (Å²) < 4.78 is 19.0. The van der Waals surface area contributed by atoms with Crippen molar-refractivity contribution in [3.8, 4) is 17.3 Å². The number of amides is 3. The highest BCUT2D eigenvalue weighted by atomic mass is 19.1. The topological polar surface area (TPSA) is 150 Å². The molecule has 1 heterocycles. The number of carbonyl (C=O) groups excluding carboxylic acids is 3. The maximum absolute atomic E-state index is 13.6. The van der Waals surface area contributed by atoms with Gasteiger partial charge in [0, 0.05) is 18.7 Å². The molecule has 0 aliphatic carbocycles. The minimum absolute atomic E-state index is 0.00684. The molecule has 0 bridgehead atoms. The van der Waals surface area contributed by atoms with Crippen LogP contribution in [0.2, 0.25) is 0 Å². The van der Waals surface area contributed by atoms with Crippen LogP contribution < -0.4 is 16.4 Å². The number of benzene rings is 2. The van der Waals surface area contributed by atoms with Crippen LogP contribution in [0.5, 0.6) is 0 Å². The Kier molecular flexibility index (Phi) is 10.6. The minimum Gasteiger partial charge on any atom is -0.444 e. The maximum Gasteiger partial charge on any atom is 0.411 e. The summed E-state index contributed by atoms with van der Waals surface area (Å²) in [4.78, 5) is 43.5. The lowest BCUT2D eigenvalue weighted by molar-refractivity contribution is -0.119. The zero-order valence-electron chi connectivity index (χ0n) is 24.1. The van der Waals surface area contributed by atoms with Gasteiger partial charge < -0.3 is 21.1 Å². The van der Waals surface area contributed by atoms with E-state index in [-0.39, 0.29) is 30.3 Å². The number of carbonyl (C=O) groups is 3. The van der Waals surface area contributed by atoms with Crippen molar-refractivity contribution in [2.24, 2.45) is 5.73 Å². The van der Waals surface area contributed by atoms with Crippen molar-refractivity contribution in [2.45, 2.75) is 45.8 Å². The normalized spacial score (nSPS) is 11.6. The van der Waals surface area contributed by atoms with Gasteiger partial charge in [-0.25, -0.2) is 14.2 Å². The Morgan fingerprint density at radius 2 is 1.86 bits per heavy atom. The summed E-state index contributed by atoms with van der Waals surface area (Å²) in [5.74, 6) is -1.28. The van der Waals surface area contributed by atoms with E-state index in [2.05, 4.69) is 21.7 Å². The summed E-state index contributed by atoms with van der Waals surface area (Å²) in [7, 11) is 0. The van der Waals surface area contributed by atoms with Crippen molar-refractivity contribution in [1.82, 2.24) is 15.2 Å². The highest BCUT2D eigenvalue weighted by molar-refractivity contribution is 5.99. The van der Waals surface area contributed by atoms with Crippen LogP contribution >= 0.6 is 0 Å². The van der Waals surface area contributed by atoms with Gasteiger partial charge in [-0.05, 0) is 70.0 Å². The molecule has 220 valence electrons. The Labute approximate surface area is 244 Å². The van der Waals surface area contributed by atoms with Crippen molar-refractivity contribution >= 4 is 23.7 Å². The number of pyridine rings is 1. The first-order valence-electron chi connectivity index (χ1n) is 13.4. The van der Waals surface area contributed by atoms with Gasteiger partial charge in [0.25, 0.3) is 5.91 Å². The number of ether oxygens (including phenoxy) is 1. The first kappa shape index (κ1) is 31.5. The molecule has 4 N–H and O–H groups in total. The third kappa shape index (κ3) is 9.02. The first-order valence-corrected chi connectivity index (χ1v) is 13.4. The van der Waals surface area contributed by atoms with Crippen LogP contribution in [0.25, 0.3) is 11.3 Å². The van der Waals surface area contributed by atoms with Crippen LogP contribution in [0.1, 0.15) is 49.2 Å². The molecule has 3 rings (SSSR count). The number of hydrogen-bond donors (Lipinski definition) is 3. The number of halogens is 1. The fourth-order valence-corrected chi connectivity index (χ4v) is 4.08. The molecule has 0 saturated carbocycles. The van der Waals surface area contributed by atoms with Crippen LogP contribution in [0.15, 0.2) is 60.7 Å². The van der Waals surface area contributed by atoms with Gasteiger partial charge in [0.05, 0.1) is 28.9 Å². The summed E-state index contributed by atoms with van der Waals surface area (Å²) in [6.07, 6.45) is -0.265. The van der Waals surface area contributed by atoms with Gasteiger partial charge in [-0.15, -0.1) is 0 Å². The lowest BCUT2D eigenvalue weighted by Crippen LogP contribution is -2.50. The molecule has 0 saturated heterocycles. The Bertz CT molecular complexity index is 1480. The quantitative estimate of drug-likeness (QED) is 0.310. The molecule has 0 radical (unpaired) electrons. The molecule has 0 spiro atoms. The number of nitrogens with one attached hydrogen (secondary N) is 2. The van der Waals surface area contributed by atoms with E-state index < -0.39 is 29.6 Å². The molecular weight excluding hydrogens is 539 g/mol. The molecule has 1 aromatic heterocycles. The number of rotatable bonds is 11. The molecule has 3 aromatic rings. The maximum atomic E-state index is 13.6. The minimum atomic E-state index is -0.792. The van der Waals surface area contributed by atoms with Gasteiger partial charge in [-0.1, -0.05) is 30.3 Å². The van der Waals surface area contributed by atoms with E-state index in [1.165, 1.54) is 12.1 Å². The number of nitriles is 1. The van der Waals surface area contributed by atoms with Gasteiger partial charge in [-0.3, -0.25) is 14.5 Å². The third-order valence-corrected chi connectivity index (χ3v) is 6.10. The largest absolute Gasteiger partial charge is 0.444 e. The molecule has 0 unspecified atom stereocenters. The van der Waals surface area contributed by atoms with Gasteiger partial charge >= 0.3 is 6.09 Å². The molecule has 11 heteroatoms. The van der Waals surface area contributed by atoms with Gasteiger partial charge in [0.2, 0.25) is 5.91 Å². The summed E-state index contributed by atoms with van der Waals surface area (Å²) in [6.45, 7) is 6.73. The number of hydrogen-bond acceptors (Lipinski definition) is 7. The van der Waals surface area contributed by atoms with Crippen LogP contribution in [-0.2, 0) is 16.0 Å². The highest BCUT2D eigenvalue weighted by Crippen LogP contribution is 2.25. The average molecular weight is 575 g/mol. The summed E-state index contributed by atoms with van der Waals surface area (Å²) in [5, 5.41) is 15.5. The molecule has 10 nitrogen and oxygen atoms in total. The predicted molar refractivity (Wildman–Crippen MR) is 157 cm³/mol. The number of aromatic nitrogens is 1. The number of nitrogens with two attached hydrogens (primary N) is 1. The number of nitrogens with zero attached hydrogens (tertiary/aromatic N) is 3. The second kappa shape index (κ2) is 14.1.